The van der Waals surface area contributed by atoms with Crippen molar-refractivity contribution in [2.75, 3.05) is 13.1 Å². The molecule has 0 atom stereocenters. The van der Waals surface area contributed by atoms with Gasteiger partial charge in [-0.1, -0.05) is 6.08 Å². The molecular formula is C8H15N3O2. The first-order chi connectivity index (χ1) is 6.26. The zero-order valence-corrected chi connectivity index (χ0v) is 7.69. The van der Waals surface area contributed by atoms with Gasteiger partial charge in [-0.15, -0.1) is 0 Å². The van der Waals surface area contributed by atoms with E-state index in [-0.39, 0.29) is 0 Å². The van der Waals surface area contributed by atoms with E-state index in [2.05, 4.69) is 5.32 Å². The van der Waals surface area contributed by atoms with Gasteiger partial charge in [0.2, 0.25) is 6.41 Å². The van der Waals surface area contributed by atoms with Crippen LogP contribution in [0.15, 0.2) is 12.3 Å². The number of urea groups is 1. The van der Waals surface area contributed by atoms with Crippen LogP contribution in [0.4, 0.5) is 4.79 Å². The van der Waals surface area contributed by atoms with Gasteiger partial charge >= 0.3 is 6.03 Å². The summed E-state index contributed by atoms with van der Waals surface area (Å²) in [6.07, 6.45) is 4.25. The van der Waals surface area contributed by atoms with E-state index in [9.17, 15) is 9.59 Å². The Kier molecular flexibility index (Phi) is 6.53. The van der Waals surface area contributed by atoms with Gasteiger partial charge in [-0.05, 0) is 19.9 Å². The van der Waals surface area contributed by atoms with Crippen LogP contribution in [0.3, 0.4) is 0 Å². The number of nitrogens with two attached hydrogens (primary N) is 1. The van der Waals surface area contributed by atoms with E-state index in [1.165, 1.54) is 6.20 Å². The van der Waals surface area contributed by atoms with Gasteiger partial charge in [0.05, 0.1) is 0 Å². The van der Waals surface area contributed by atoms with Crippen LogP contribution in [0.2, 0.25) is 0 Å². The van der Waals surface area contributed by atoms with Gasteiger partial charge in [0.1, 0.15) is 0 Å². The van der Waals surface area contributed by atoms with Gasteiger partial charge in [0.25, 0.3) is 0 Å². The number of hydrogen-bond donors (Lipinski definition) is 2. The Morgan fingerprint density at radius 3 is 2.77 bits per heavy atom. The summed E-state index contributed by atoms with van der Waals surface area (Å²) in [5.41, 5.74) is 5.24. The van der Waals surface area contributed by atoms with Crippen molar-refractivity contribution in [3.05, 3.63) is 12.3 Å². The van der Waals surface area contributed by atoms with E-state index in [0.29, 0.717) is 25.9 Å². The number of rotatable bonds is 5. The zero-order valence-electron chi connectivity index (χ0n) is 7.69. The van der Waals surface area contributed by atoms with E-state index in [1.807, 2.05) is 0 Å². The molecule has 3 N–H and O–H groups in total. The van der Waals surface area contributed by atoms with E-state index < -0.39 is 6.03 Å². The van der Waals surface area contributed by atoms with Crippen LogP contribution >= 0.6 is 0 Å². The smallest absolute Gasteiger partial charge is 0.327 e. The summed E-state index contributed by atoms with van der Waals surface area (Å²) in [6.45, 7) is 2.58. The molecule has 0 aromatic carbocycles. The van der Waals surface area contributed by atoms with Crippen LogP contribution < -0.4 is 11.1 Å². The fourth-order valence-electron chi connectivity index (χ4n) is 0.701. The zero-order chi connectivity index (χ0) is 10.1. The Labute approximate surface area is 77.6 Å². The van der Waals surface area contributed by atoms with E-state index in [4.69, 9.17) is 5.73 Å². The highest BCUT2D eigenvalue weighted by Crippen LogP contribution is 1.87. The summed E-state index contributed by atoms with van der Waals surface area (Å²) < 4.78 is 0. The summed E-state index contributed by atoms with van der Waals surface area (Å²) in [7, 11) is 0. The molecule has 0 aliphatic rings. The minimum Gasteiger partial charge on any atom is -0.330 e. The van der Waals surface area contributed by atoms with Crippen molar-refractivity contribution in [3.63, 3.8) is 0 Å². The normalized spacial score (nSPS) is 10.0. The lowest BCUT2D eigenvalue weighted by atomic mass is 10.4. The third-order valence-corrected chi connectivity index (χ3v) is 1.36. The van der Waals surface area contributed by atoms with Crippen molar-refractivity contribution in [1.82, 2.24) is 10.2 Å². The molecule has 0 aliphatic carbocycles. The van der Waals surface area contributed by atoms with Gasteiger partial charge in [-0.25, -0.2) is 4.79 Å². The monoisotopic (exact) mass is 185 g/mol. The molecule has 0 bridgehead atoms. The van der Waals surface area contributed by atoms with Crippen molar-refractivity contribution >= 4 is 12.4 Å². The number of nitrogens with zero attached hydrogens (tertiary/aromatic N) is 1. The van der Waals surface area contributed by atoms with Gasteiger partial charge in [0.15, 0.2) is 0 Å². The van der Waals surface area contributed by atoms with E-state index >= 15 is 0 Å². The average molecular weight is 185 g/mol. The molecule has 13 heavy (non-hydrogen) atoms. The number of imide groups is 1. The lowest BCUT2D eigenvalue weighted by Crippen LogP contribution is -2.37. The third-order valence-electron chi connectivity index (χ3n) is 1.36. The number of allylic oxidation sites excluding steroid dienone is 1. The average Bonchev–Trinajstić information content (AvgIpc) is 2.16. The van der Waals surface area contributed by atoms with Crippen molar-refractivity contribution in [3.8, 4) is 0 Å². The van der Waals surface area contributed by atoms with Crippen LogP contribution in [0.5, 0.6) is 0 Å². The molecule has 0 saturated carbocycles. The Morgan fingerprint density at radius 2 is 2.31 bits per heavy atom. The summed E-state index contributed by atoms with van der Waals surface area (Å²) >= 11 is 0. The molecule has 0 aromatic heterocycles. The number of carbonyl (C=O) groups is 2. The van der Waals surface area contributed by atoms with Gasteiger partial charge in [-0.2, -0.15) is 0 Å². The van der Waals surface area contributed by atoms with Crippen molar-refractivity contribution in [2.45, 2.75) is 13.3 Å². The van der Waals surface area contributed by atoms with Crippen molar-refractivity contribution in [2.24, 2.45) is 5.73 Å². The third kappa shape index (κ3) is 4.97. The highest BCUT2D eigenvalue weighted by molar-refractivity contribution is 5.85. The van der Waals surface area contributed by atoms with Crippen LogP contribution in [-0.2, 0) is 4.79 Å². The molecular weight excluding hydrogens is 170 g/mol. The lowest BCUT2D eigenvalue weighted by molar-refractivity contribution is -0.115. The largest absolute Gasteiger partial charge is 0.330 e. The minimum atomic E-state index is -0.429. The topological polar surface area (TPSA) is 75.4 Å². The minimum absolute atomic E-state index is 0.351. The Hall–Kier alpha value is -1.36. The molecule has 0 heterocycles. The molecule has 0 fully saturated rings. The second kappa shape index (κ2) is 7.30. The second-order valence-corrected chi connectivity index (χ2v) is 2.39. The molecule has 0 rings (SSSR count). The van der Waals surface area contributed by atoms with Crippen molar-refractivity contribution in [1.29, 1.82) is 0 Å². The van der Waals surface area contributed by atoms with E-state index in [0.717, 1.165) is 4.90 Å². The molecule has 0 aromatic rings. The van der Waals surface area contributed by atoms with Crippen LogP contribution in [0, 0.1) is 0 Å². The van der Waals surface area contributed by atoms with Gasteiger partial charge < -0.3 is 11.1 Å². The van der Waals surface area contributed by atoms with Crippen LogP contribution in [-0.4, -0.2) is 30.4 Å². The Balaban J connectivity index is 3.91. The summed E-state index contributed by atoms with van der Waals surface area (Å²) in [5, 5.41) is 2.43. The summed E-state index contributed by atoms with van der Waals surface area (Å²) in [4.78, 5) is 22.6. The van der Waals surface area contributed by atoms with Crippen LogP contribution in [0.1, 0.15) is 13.3 Å². The molecule has 3 amide bonds. The lowest BCUT2D eigenvalue weighted by Gasteiger charge is -2.13. The fourth-order valence-corrected chi connectivity index (χ4v) is 0.701. The maximum Gasteiger partial charge on any atom is 0.327 e. The standard InChI is InChI=1S/C8H15N3O2/c1-2-5-10-8(13)11(7-12)6-3-4-9/h2,5,7H,3-4,6,9H2,1H3,(H,10,13)/b5-2+. The van der Waals surface area contributed by atoms with Gasteiger partial charge in [-0.3, -0.25) is 9.69 Å². The Bertz CT molecular complexity index is 192. The number of carbonyl (C=O) groups excluding carboxylic acids is 2. The predicted molar refractivity (Wildman–Crippen MR) is 49.8 cm³/mol. The maximum atomic E-state index is 11.1. The number of nitrogens with one attached hydrogen (secondary N) is 1. The fraction of sp³-hybridized carbons (Fsp3) is 0.500. The van der Waals surface area contributed by atoms with Crippen molar-refractivity contribution < 1.29 is 9.59 Å². The molecule has 5 heteroatoms. The quantitative estimate of drug-likeness (QED) is 0.594. The molecule has 0 saturated heterocycles. The number of amides is 3. The molecule has 0 unspecified atom stereocenters. The predicted octanol–water partition coefficient (Wildman–Crippen LogP) is 0.0368. The number of hydrogen-bond acceptors (Lipinski definition) is 3. The molecule has 5 nitrogen and oxygen atoms in total. The van der Waals surface area contributed by atoms with Crippen LogP contribution in [0.25, 0.3) is 0 Å². The molecule has 0 radical (unpaired) electrons. The summed E-state index contributed by atoms with van der Waals surface area (Å²) in [5.74, 6) is 0. The molecule has 0 aliphatic heterocycles. The SMILES string of the molecule is C/C=C/NC(=O)N(C=O)CCCN. The highest BCUT2D eigenvalue weighted by Gasteiger charge is 2.08. The summed E-state index contributed by atoms with van der Waals surface area (Å²) in [6, 6.07) is -0.429. The Morgan fingerprint density at radius 1 is 1.62 bits per heavy atom. The first kappa shape index (κ1) is 11.6. The molecule has 0 spiro atoms. The van der Waals surface area contributed by atoms with E-state index in [1.54, 1.807) is 13.0 Å². The maximum absolute atomic E-state index is 11.1. The second-order valence-electron chi connectivity index (χ2n) is 2.39. The molecule has 74 valence electrons. The van der Waals surface area contributed by atoms with Gasteiger partial charge in [0, 0.05) is 12.7 Å². The first-order valence-electron chi connectivity index (χ1n) is 4.10. The highest BCUT2D eigenvalue weighted by atomic mass is 16.2. The first-order valence-corrected chi connectivity index (χ1v) is 4.10.